The van der Waals surface area contributed by atoms with Gasteiger partial charge in [0.15, 0.2) is 5.76 Å². The van der Waals surface area contributed by atoms with Crippen molar-refractivity contribution in [1.82, 2.24) is 15.2 Å². The van der Waals surface area contributed by atoms with Crippen molar-refractivity contribution in [3.05, 3.63) is 76.4 Å². The van der Waals surface area contributed by atoms with Gasteiger partial charge in [-0.3, -0.25) is 19.2 Å². The molecule has 0 spiro atoms. The van der Waals surface area contributed by atoms with Gasteiger partial charge in [-0.15, -0.1) is 0 Å². The first-order valence-corrected chi connectivity index (χ1v) is 16.4. The molecule has 2 heterocycles. The van der Waals surface area contributed by atoms with Gasteiger partial charge < -0.3 is 29.7 Å². The molecule has 1 aromatic carbocycles. The van der Waals surface area contributed by atoms with Gasteiger partial charge in [-0.05, 0) is 93.7 Å². The predicted octanol–water partition coefficient (Wildman–Crippen LogP) is 3.98. The summed E-state index contributed by atoms with van der Waals surface area (Å²) in [4.78, 5) is 65.2. The van der Waals surface area contributed by atoms with Crippen LogP contribution < -0.4 is 21.5 Å². The number of ether oxygens (including phenoxy) is 1. The standard InChI is InChI=1S/C36H39N5O7/c1-21-26-8-3-5-11-29(26)48-32(21)34(45)38-27(9-4-6-12-31(43)47-2)33(44)39-28-10-7-13-41(35(28)46)19-30(42)40-36(20-37)24-15-22-14-23(17-24)18-25(36)16-22/h3,5-8,10-13,22-25,27H,4,9,14-19H2,1-2H3,(H,38,45)(H,39,44)(H,40,42)/b12-6+/t22?,23?,24?,25?,27-,36?/m0/s1. The normalized spacial score (nSPS) is 24.6. The number of allylic oxidation sites excluding steroid dienone is 1. The lowest BCUT2D eigenvalue weighted by atomic mass is 9.49. The quantitative estimate of drug-likeness (QED) is 0.206. The maximum Gasteiger partial charge on any atom is 0.330 e. The molecule has 1 atom stereocenters. The summed E-state index contributed by atoms with van der Waals surface area (Å²) >= 11 is 0. The van der Waals surface area contributed by atoms with Crippen molar-refractivity contribution in [2.75, 3.05) is 12.4 Å². The Bertz CT molecular complexity index is 1850. The molecule has 0 unspecified atom stereocenters. The van der Waals surface area contributed by atoms with Crippen LogP contribution in [0.2, 0.25) is 0 Å². The molecule has 4 aliphatic rings. The van der Waals surface area contributed by atoms with E-state index in [-0.39, 0.29) is 42.7 Å². The topological polar surface area (TPSA) is 173 Å². The monoisotopic (exact) mass is 653 g/mol. The first-order chi connectivity index (χ1) is 23.1. The first kappa shape index (κ1) is 32.7. The molecule has 0 radical (unpaired) electrons. The van der Waals surface area contributed by atoms with Gasteiger partial charge in [-0.1, -0.05) is 24.3 Å². The molecule has 3 N–H and O–H groups in total. The molecular weight excluding hydrogens is 614 g/mol. The number of nitrogens with one attached hydrogen (secondary N) is 3. The van der Waals surface area contributed by atoms with E-state index in [0.717, 1.165) is 31.1 Å². The van der Waals surface area contributed by atoms with E-state index in [9.17, 15) is 29.2 Å². The molecule has 4 bridgehead atoms. The predicted molar refractivity (Wildman–Crippen MR) is 175 cm³/mol. The molecule has 4 fully saturated rings. The Labute approximate surface area is 277 Å². The SMILES string of the molecule is COC(=O)/C=C/CC[C@H](NC(=O)c1oc2ccccc2c1C)C(=O)Nc1cccn(CC(=O)NC2(C#N)C3CC4CC(C3)CC2C4)c1=O. The Morgan fingerprint density at radius 1 is 1.08 bits per heavy atom. The van der Waals surface area contributed by atoms with Gasteiger partial charge in [0.25, 0.3) is 11.5 Å². The number of benzene rings is 1. The Hall–Kier alpha value is -5.18. The molecule has 12 nitrogen and oxygen atoms in total. The van der Waals surface area contributed by atoms with Gasteiger partial charge in [0.1, 0.15) is 29.4 Å². The molecule has 0 aliphatic heterocycles. The van der Waals surface area contributed by atoms with E-state index in [1.54, 1.807) is 19.1 Å². The molecule has 4 aliphatic carbocycles. The number of aryl methyl sites for hydroxylation is 1. The zero-order valence-electron chi connectivity index (χ0n) is 27.0. The number of hydrogen-bond acceptors (Lipinski definition) is 8. The average Bonchev–Trinajstić information content (AvgIpc) is 3.41. The molecule has 48 heavy (non-hydrogen) atoms. The molecule has 2 aromatic heterocycles. The molecule has 4 saturated carbocycles. The second-order valence-corrected chi connectivity index (χ2v) is 13.3. The van der Waals surface area contributed by atoms with Crippen molar-refractivity contribution in [2.45, 2.75) is 70.0 Å². The highest BCUT2D eigenvalue weighted by atomic mass is 16.5. The summed E-state index contributed by atoms with van der Waals surface area (Å²) < 4.78 is 11.6. The van der Waals surface area contributed by atoms with E-state index < -0.39 is 40.8 Å². The highest BCUT2D eigenvalue weighted by molar-refractivity contribution is 6.03. The third-order valence-electron chi connectivity index (χ3n) is 10.3. The zero-order chi connectivity index (χ0) is 34.0. The number of anilines is 1. The third-order valence-corrected chi connectivity index (χ3v) is 10.3. The van der Waals surface area contributed by atoms with Crippen LogP contribution in [0.1, 0.15) is 61.1 Å². The zero-order valence-corrected chi connectivity index (χ0v) is 27.0. The number of hydrogen-bond donors (Lipinski definition) is 3. The summed E-state index contributed by atoms with van der Waals surface area (Å²) in [6, 6.07) is 11.5. The van der Waals surface area contributed by atoms with E-state index in [4.69, 9.17) is 4.42 Å². The van der Waals surface area contributed by atoms with Gasteiger partial charge in [0, 0.05) is 23.2 Å². The first-order valence-electron chi connectivity index (χ1n) is 16.4. The van der Waals surface area contributed by atoms with Crippen molar-refractivity contribution in [2.24, 2.45) is 23.7 Å². The van der Waals surface area contributed by atoms with Crippen LogP contribution in [-0.4, -0.2) is 46.9 Å². The molecule has 250 valence electrons. The van der Waals surface area contributed by atoms with E-state index in [2.05, 4.69) is 26.8 Å². The fourth-order valence-electron chi connectivity index (χ4n) is 8.14. The summed E-state index contributed by atoms with van der Waals surface area (Å²) in [6.45, 7) is 1.43. The van der Waals surface area contributed by atoms with E-state index in [0.29, 0.717) is 23.0 Å². The maximum atomic E-state index is 13.6. The number of nitriles is 1. The highest BCUT2D eigenvalue weighted by Gasteiger charge is 2.58. The molecule has 0 saturated heterocycles. The van der Waals surface area contributed by atoms with Gasteiger partial charge in [0.2, 0.25) is 11.8 Å². The van der Waals surface area contributed by atoms with Crippen molar-refractivity contribution in [3.8, 4) is 6.07 Å². The van der Waals surface area contributed by atoms with Crippen molar-refractivity contribution >= 4 is 40.3 Å². The van der Waals surface area contributed by atoms with Crippen LogP contribution in [-0.2, 0) is 25.7 Å². The fraction of sp³-hybridized carbons (Fsp3) is 0.444. The number of pyridine rings is 1. The molecule has 7 rings (SSSR count). The number of carbonyl (C=O) groups is 4. The number of esters is 1. The third kappa shape index (κ3) is 6.37. The van der Waals surface area contributed by atoms with E-state index in [1.165, 1.54) is 48.6 Å². The lowest BCUT2D eigenvalue weighted by Crippen LogP contribution is -2.65. The summed E-state index contributed by atoms with van der Waals surface area (Å²) in [5, 5.41) is 19.4. The minimum atomic E-state index is -1.11. The number of nitrogens with zero attached hydrogens (tertiary/aromatic N) is 2. The van der Waals surface area contributed by atoms with Crippen LogP contribution in [0, 0.1) is 41.9 Å². The lowest BCUT2D eigenvalue weighted by molar-refractivity contribution is -0.135. The Morgan fingerprint density at radius 3 is 2.46 bits per heavy atom. The van der Waals surface area contributed by atoms with Gasteiger partial charge >= 0.3 is 5.97 Å². The van der Waals surface area contributed by atoms with Gasteiger partial charge in [0.05, 0.1) is 13.2 Å². The van der Waals surface area contributed by atoms with Crippen LogP contribution in [0.3, 0.4) is 0 Å². The summed E-state index contributed by atoms with van der Waals surface area (Å²) in [7, 11) is 1.25. The summed E-state index contributed by atoms with van der Waals surface area (Å²) in [6.07, 6.45) is 9.49. The Balaban J connectivity index is 1.16. The second kappa shape index (κ2) is 13.5. The summed E-state index contributed by atoms with van der Waals surface area (Å²) in [5.41, 5.74) is -0.472. The molecule has 12 heteroatoms. The number of para-hydroxylation sites is 1. The summed E-state index contributed by atoms with van der Waals surface area (Å²) in [5.74, 6) is -0.747. The smallest absolute Gasteiger partial charge is 0.330 e. The largest absolute Gasteiger partial charge is 0.466 e. The number of aromatic nitrogens is 1. The number of rotatable bonds is 11. The van der Waals surface area contributed by atoms with Crippen molar-refractivity contribution in [1.29, 1.82) is 5.26 Å². The van der Waals surface area contributed by atoms with Crippen LogP contribution in [0.5, 0.6) is 0 Å². The van der Waals surface area contributed by atoms with Crippen LogP contribution in [0.15, 0.2) is 64.0 Å². The van der Waals surface area contributed by atoms with E-state index in [1.807, 2.05) is 12.1 Å². The molecule has 3 amide bonds. The van der Waals surface area contributed by atoms with E-state index >= 15 is 0 Å². The van der Waals surface area contributed by atoms with Crippen molar-refractivity contribution < 1.29 is 28.3 Å². The van der Waals surface area contributed by atoms with Crippen LogP contribution in [0.25, 0.3) is 11.0 Å². The minimum absolute atomic E-state index is 0.0569. The number of carbonyl (C=O) groups excluding carboxylic acids is 4. The molecular formula is C36H39N5O7. The Morgan fingerprint density at radius 2 is 1.79 bits per heavy atom. The van der Waals surface area contributed by atoms with Crippen LogP contribution in [0.4, 0.5) is 5.69 Å². The number of furan rings is 1. The second-order valence-electron chi connectivity index (χ2n) is 13.3. The molecule has 3 aromatic rings. The number of methoxy groups -OCH3 is 1. The fourth-order valence-corrected chi connectivity index (χ4v) is 8.14. The van der Waals surface area contributed by atoms with Gasteiger partial charge in [-0.2, -0.15) is 5.26 Å². The van der Waals surface area contributed by atoms with Gasteiger partial charge in [-0.25, -0.2) is 4.79 Å². The Kier molecular flexibility index (Phi) is 9.22. The highest BCUT2D eigenvalue weighted by Crippen LogP contribution is 2.58. The van der Waals surface area contributed by atoms with Crippen LogP contribution >= 0.6 is 0 Å². The lowest BCUT2D eigenvalue weighted by Gasteiger charge is -2.58. The average molecular weight is 654 g/mol. The number of amides is 3. The minimum Gasteiger partial charge on any atom is -0.466 e. The van der Waals surface area contributed by atoms with Crippen molar-refractivity contribution in [3.63, 3.8) is 0 Å². The maximum absolute atomic E-state index is 13.6. The number of fused-ring (bicyclic) bond motifs is 1.